The molecule has 2 aromatic rings. The Kier molecular flexibility index (Phi) is 5.43. The number of carbonyl (C=O) groups is 5. The van der Waals surface area contributed by atoms with E-state index in [2.05, 4.69) is 10.6 Å². The molecule has 0 radical (unpaired) electrons. The fourth-order valence-corrected chi connectivity index (χ4v) is 3.68. The van der Waals surface area contributed by atoms with Crippen molar-refractivity contribution in [2.24, 2.45) is 0 Å². The third-order valence-corrected chi connectivity index (χ3v) is 5.27. The van der Waals surface area contributed by atoms with Crippen molar-refractivity contribution in [3.8, 4) is 5.75 Å². The maximum Gasteiger partial charge on any atom is 0.266 e. The standard InChI is InChI=1S/C21H16ClN3O6/c22-12-5-1-2-6-13(12)23-17(27)10-31-15-7-3-4-11-18(15)21(30)25(20(11)29)14-8-9-16(26)24-19(14)28/h1-7,14H,8-10H2,(H,23,27)(H,24,26,28). The summed E-state index contributed by atoms with van der Waals surface area (Å²) in [5.41, 5.74) is 0.452. The van der Waals surface area contributed by atoms with Gasteiger partial charge in [0.05, 0.1) is 21.8 Å². The second-order valence-electron chi connectivity index (χ2n) is 6.94. The van der Waals surface area contributed by atoms with E-state index in [0.29, 0.717) is 10.7 Å². The van der Waals surface area contributed by atoms with E-state index in [9.17, 15) is 24.0 Å². The van der Waals surface area contributed by atoms with Crippen molar-refractivity contribution < 1.29 is 28.7 Å². The van der Waals surface area contributed by atoms with Gasteiger partial charge in [-0.25, -0.2) is 0 Å². The first-order valence-electron chi connectivity index (χ1n) is 9.38. The number of anilines is 1. The Labute approximate surface area is 181 Å². The van der Waals surface area contributed by atoms with Gasteiger partial charge in [-0.15, -0.1) is 0 Å². The predicted molar refractivity (Wildman–Crippen MR) is 109 cm³/mol. The Hall–Kier alpha value is -3.72. The number of rotatable bonds is 5. The van der Waals surface area contributed by atoms with Gasteiger partial charge in [0.1, 0.15) is 11.8 Å². The number of nitrogens with one attached hydrogen (secondary N) is 2. The molecule has 1 fully saturated rings. The second kappa shape index (κ2) is 8.19. The lowest BCUT2D eigenvalue weighted by Crippen LogP contribution is -2.54. The van der Waals surface area contributed by atoms with Crippen LogP contribution in [0, 0.1) is 0 Å². The van der Waals surface area contributed by atoms with E-state index >= 15 is 0 Å². The molecule has 1 unspecified atom stereocenters. The molecule has 0 aromatic heterocycles. The third-order valence-electron chi connectivity index (χ3n) is 4.94. The maximum absolute atomic E-state index is 13.0. The normalized spacial score (nSPS) is 18.0. The minimum absolute atomic E-state index is 0.0232. The smallest absolute Gasteiger partial charge is 0.266 e. The van der Waals surface area contributed by atoms with Crippen LogP contribution in [0.2, 0.25) is 5.02 Å². The van der Waals surface area contributed by atoms with Crippen molar-refractivity contribution in [1.82, 2.24) is 10.2 Å². The zero-order valence-corrected chi connectivity index (χ0v) is 16.8. The van der Waals surface area contributed by atoms with E-state index < -0.39 is 42.2 Å². The van der Waals surface area contributed by atoms with Crippen molar-refractivity contribution in [3.63, 3.8) is 0 Å². The van der Waals surface area contributed by atoms with E-state index in [1.165, 1.54) is 18.2 Å². The molecule has 1 saturated heterocycles. The number of carbonyl (C=O) groups excluding carboxylic acids is 5. The lowest BCUT2D eigenvalue weighted by atomic mass is 10.0. The summed E-state index contributed by atoms with van der Waals surface area (Å²) in [6, 6.07) is 10.0. The number of halogens is 1. The van der Waals surface area contributed by atoms with Gasteiger partial charge >= 0.3 is 0 Å². The van der Waals surface area contributed by atoms with Crippen LogP contribution in [0.3, 0.4) is 0 Å². The van der Waals surface area contributed by atoms with Crippen LogP contribution in [0.4, 0.5) is 5.69 Å². The van der Waals surface area contributed by atoms with Gasteiger partial charge in [-0.2, -0.15) is 0 Å². The Balaban J connectivity index is 1.51. The Morgan fingerprint density at radius 1 is 1.10 bits per heavy atom. The summed E-state index contributed by atoms with van der Waals surface area (Å²) >= 11 is 6.01. The molecule has 0 aliphatic carbocycles. The van der Waals surface area contributed by atoms with Gasteiger partial charge in [0.2, 0.25) is 11.8 Å². The predicted octanol–water partition coefficient (Wildman–Crippen LogP) is 1.76. The summed E-state index contributed by atoms with van der Waals surface area (Å²) in [5.74, 6) is -2.99. The first-order chi connectivity index (χ1) is 14.9. The summed E-state index contributed by atoms with van der Waals surface area (Å²) < 4.78 is 5.51. The largest absolute Gasteiger partial charge is 0.483 e. The lowest BCUT2D eigenvalue weighted by Gasteiger charge is -2.27. The minimum atomic E-state index is -1.08. The lowest BCUT2D eigenvalue weighted by molar-refractivity contribution is -0.136. The van der Waals surface area contributed by atoms with Crippen molar-refractivity contribution in [1.29, 1.82) is 0 Å². The number of nitrogens with zero attached hydrogens (tertiary/aromatic N) is 1. The molecule has 0 bridgehead atoms. The molecular weight excluding hydrogens is 426 g/mol. The number of hydrogen-bond donors (Lipinski definition) is 2. The average molecular weight is 442 g/mol. The first-order valence-corrected chi connectivity index (χ1v) is 9.76. The van der Waals surface area contributed by atoms with E-state index in [0.717, 1.165) is 4.90 Å². The van der Waals surface area contributed by atoms with Crippen LogP contribution in [0.15, 0.2) is 42.5 Å². The van der Waals surface area contributed by atoms with Crippen LogP contribution in [0.25, 0.3) is 0 Å². The van der Waals surface area contributed by atoms with Gasteiger partial charge in [0.15, 0.2) is 6.61 Å². The molecule has 0 spiro atoms. The number of hydrogen-bond acceptors (Lipinski definition) is 6. The summed E-state index contributed by atoms with van der Waals surface area (Å²) in [6.45, 7) is -0.429. The highest BCUT2D eigenvalue weighted by Gasteiger charge is 2.46. The molecule has 2 aromatic carbocycles. The number of benzene rings is 2. The summed E-state index contributed by atoms with van der Waals surface area (Å²) in [5, 5.41) is 5.09. The molecule has 0 saturated carbocycles. The zero-order chi connectivity index (χ0) is 22.1. The molecule has 4 rings (SSSR count). The van der Waals surface area contributed by atoms with Crippen LogP contribution in [0.1, 0.15) is 33.6 Å². The Morgan fingerprint density at radius 3 is 2.61 bits per heavy atom. The molecule has 158 valence electrons. The maximum atomic E-state index is 13.0. The minimum Gasteiger partial charge on any atom is -0.483 e. The fourth-order valence-electron chi connectivity index (χ4n) is 3.50. The molecule has 2 N–H and O–H groups in total. The van der Waals surface area contributed by atoms with Crippen molar-refractivity contribution >= 4 is 46.8 Å². The average Bonchev–Trinajstić information content (AvgIpc) is 2.99. The van der Waals surface area contributed by atoms with Crippen LogP contribution in [-0.4, -0.2) is 47.1 Å². The molecule has 1 atom stereocenters. The summed E-state index contributed by atoms with van der Waals surface area (Å²) in [7, 11) is 0. The zero-order valence-electron chi connectivity index (χ0n) is 16.0. The summed E-state index contributed by atoms with van der Waals surface area (Å²) in [4.78, 5) is 62.4. The Bertz CT molecular complexity index is 1130. The van der Waals surface area contributed by atoms with Crippen LogP contribution >= 0.6 is 11.6 Å². The van der Waals surface area contributed by atoms with Gasteiger partial charge in [-0.1, -0.05) is 29.8 Å². The SMILES string of the molecule is O=C1CCC(N2C(=O)c3cccc(OCC(=O)Nc4ccccc4Cl)c3C2=O)C(=O)N1. The van der Waals surface area contributed by atoms with Gasteiger partial charge in [-0.05, 0) is 30.7 Å². The fraction of sp³-hybridized carbons (Fsp3) is 0.190. The highest BCUT2D eigenvalue weighted by Crippen LogP contribution is 2.33. The monoisotopic (exact) mass is 441 g/mol. The first kappa shape index (κ1) is 20.5. The van der Waals surface area contributed by atoms with E-state index in [-0.39, 0.29) is 29.7 Å². The topological polar surface area (TPSA) is 122 Å². The number of fused-ring (bicyclic) bond motifs is 1. The van der Waals surface area contributed by atoms with Crippen molar-refractivity contribution in [3.05, 3.63) is 58.6 Å². The van der Waals surface area contributed by atoms with Crippen molar-refractivity contribution in [2.75, 3.05) is 11.9 Å². The molecule has 31 heavy (non-hydrogen) atoms. The third kappa shape index (κ3) is 3.87. The highest BCUT2D eigenvalue weighted by atomic mass is 35.5. The van der Waals surface area contributed by atoms with Crippen LogP contribution < -0.4 is 15.4 Å². The van der Waals surface area contributed by atoms with Gasteiger partial charge in [0.25, 0.3) is 17.7 Å². The molecule has 10 heteroatoms. The van der Waals surface area contributed by atoms with Crippen LogP contribution in [0.5, 0.6) is 5.75 Å². The van der Waals surface area contributed by atoms with Gasteiger partial charge in [-0.3, -0.25) is 34.2 Å². The Morgan fingerprint density at radius 2 is 1.87 bits per heavy atom. The number of amides is 5. The van der Waals surface area contributed by atoms with E-state index in [1.807, 2.05) is 0 Å². The molecule has 9 nitrogen and oxygen atoms in total. The molecule has 5 amide bonds. The summed E-state index contributed by atoms with van der Waals surface area (Å²) in [6.07, 6.45) is 0.0714. The highest BCUT2D eigenvalue weighted by molar-refractivity contribution is 6.33. The second-order valence-corrected chi connectivity index (χ2v) is 7.35. The molecule has 2 aliphatic rings. The quantitative estimate of drug-likeness (QED) is 0.682. The number of piperidine rings is 1. The van der Waals surface area contributed by atoms with Crippen LogP contribution in [-0.2, 0) is 14.4 Å². The number of para-hydroxylation sites is 1. The van der Waals surface area contributed by atoms with Crippen molar-refractivity contribution in [2.45, 2.75) is 18.9 Å². The molecule has 2 aliphatic heterocycles. The molecular formula is C21H16ClN3O6. The van der Waals surface area contributed by atoms with Gasteiger partial charge < -0.3 is 10.1 Å². The van der Waals surface area contributed by atoms with E-state index in [1.54, 1.807) is 24.3 Å². The van der Waals surface area contributed by atoms with Gasteiger partial charge in [0, 0.05) is 6.42 Å². The number of ether oxygens (including phenoxy) is 1. The molecule has 2 heterocycles. The van der Waals surface area contributed by atoms with E-state index in [4.69, 9.17) is 16.3 Å². The number of imide groups is 2.